The van der Waals surface area contributed by atoms with Gasteiger partial charge in [-0.15, -0.1) is 0 Å². The Labute approximate surface area is 289 Å². The van der Waals surface area contributed by atoms with E-state index in [0.717, 1.165) is 72.4 Å². The van der Waals surface area contributed by atoms with Gasteiger partial charge in [-0.3, -0.25) is 0 Å². The first-order valence-electron chi connectivity index (χ1n) is 17.1. The largest absolute Gasteiger partial charge is 0.456 e. The van der Waals surface area contributed by atoms with Crippen LogP contribution in [-0.2, 0) is 5.41 Å². The molecule has 3 nitrogen and oxygen atoms in total. The van der Waals surface area contributed by atoms with Crippen molar-refractivity contribution in [3.63, 3.8) is 0 Å². The molecule has 0 amide bonds. The third-order valence-corrected chi connectivity index (χ3v) is 10.7. The molecule has 11 rings (SSSR count). The Kier molecular flexibility index (Phi) is 5.59. The van der Waals surface area contributed by atoms with Crippen LogP contribution >= 0.6 is 0 Å². The number of nitrogens with zero attached hydrogens (tertiary/aromatic N) is 1. The summed E-state index contributed by atoms with van der Waals surface area (Å²) in [5.41, 5.74) is 11.7. The molecule has 8 aromatic carbocycles. The van der Waals surface area contributed by atoms with E-state index >= 15 is 0 Å². The molecule has 1 unspecified atom stereocenters. The topological polar surface area (TPSA) is 25.6 Å². The highest BCUT2D eigenvalue weighted by Crippen LogP contribution is 2.64. The van der Waals surface area contributed by atoms with Gasteiger partial charge in [0.25, 0.3) is 0 Å². The Balaban J connectivity index is 1.24. The molecule has 0 saturated carbocycles. The Morgan fingerprint density at radius 2 is 1.16 bits per heavy atom. The second-order valence-corrected chi connectivity index (χ2v) is 13.2. The molecule has 2 heterocycles. The van der Waals surface area contributed by atoms with Gasteiger partial charge in [0.15, 0.2) is 0 Å². The van der Waals surface area contributed by atoms with E-state index in [2.05, 4.69) is 169 Å². The molecular formula is C47H29NO2. The van der Waals surface area contributed by atoms with Gasteiger partial charge in [0.2, 0.25) is 0 Å². The van der Waals surface area contributed by atoms with Gasteiger partial charge < -0.3 is 14.1 Å². The van der Waals surface area contributed by atoms with Gasteiger partial charge in [-0.1, -0.05) is 127 Å². The molecular weight excluding hydrogens is 611 g/mol. The van der Waals surface area contributed by atoms with Crippen LogP contribution < -0.4 is 9.64 Å². The predicted molar refractivity (Wildman–Crippen MR) is 203 cm³/mol. The molecule has 2 aliphatic rings. The van der Waals surface area contributed by atoms with Crippen LogP contribution in [0, 0.1) is 0 Å². The maximum Gasteiger partial charge on any atom is 0.140 e. The van der Waals surface area contributed by atoms with E-state index in [1.807, 2.05) is 12.1 Å². The number of hydrogen-bond acceptors (Lipinski definition) is 3. The molecule has 0 saturated heterocycles. The minimum Gasteiger partial charge on any atom is -0.456 e. The monoisotopic (exact) mass is 639 g/mol. The normalized spacial score (nSPS) is 15.4. The van der Waals surface area contributed by atoms with Crippen molar-refractivity contribution in [2.45, 2.75) is 5.41 Å². The fourth-order valence-corrected chi connectivity index (χ4v) is 8.70. The summed E-state index contributed by atoms with van der Waals surface area (Å²) in [7, 11) is 0. The molecule has 9 aromatic rings. The summed E-state index contributed by atoms with van der Waals surface area (Å²) in [6.45, 7) is 0. The lowest BCUT2D eigenvalue weighted by Crippen LogP contribution is -2.32. The zero-order valence-electron chi connectivity index (χ0n) is 27.0. The Morgan fingerprint density at radius 3 is 2.08 bits per heavy atom. The molecule has 1 atom stereocenters. The first-order valence-corrected chi connectivity index (χ1v) is 17.1. The third-order valence-electron chi connectivity index (χ3n) is 10.7. The maximum absolute atomic E-state index is 6.87. The summed E-state index contributed by atoms with van der Waals surface area (Å²) in [4.78, 5) is 2.38. The van der Waals surface area contributed by atoms with Gasteiger partial charge in [0, 0.05) is 50.3 Å². The number of rotatable bonds is 3. The molecule has 3 heteroatoms. The van der Waals surface area contributed by atoms with Crippen LogP contribution in [-0.4, -0.2) is 0 Å². The average Bonchev–Trinajstić information content (AvgIpc) is 3.69. The summed E-state index contributed by atoms with van der Waals surface area (Å²) in [5, 5.41) is 4.52. The van der Waals surface area contributed by atoms with Crippen LogP contribution in [0.5, 0.6) is 11.5 Å². The van der Waals surface area contributed by atoms with E-state index in [1.54, 1.807) is 0 Å². The molecule has 0 bridgehead atoms. The van der Waals surface area contributed by atoms with Gasteiger partial charge in [0.1, 0.15) is 22.7 Å². The fourth-order valence-electron chi connectivity index (χ4n) is 8.70. The predicted octanol–water partition coefficient (Wildman–Crippen LogP) is 12.7. The van der Waals surface area contributed by atoms with Crippen LogP contribution in [0.1, 0.15) is 22.3 Å². The van der Waals surface area contributed by atoms with E-state index in [9.17, 15) is 0 Å². The second kappa shape index (κ2) is 10.2. The van der Waals surface area contributed by atoms with Crippen molar-refractivity contribution < 1.29 is 9.15 Å². The van der Waals surface area contributed by atoms with Gasteiger partial charge >= 0.3 is 0 Å². The van der Waals surface area contributed by atoms with Crippen molar-refractivity contribution in [3.8, 4) is 22.6 Å². The summed E-state index contributed by atoms with van der Waals surface area (Å²) < 4.78 is 13.3. The molecule has 1 aliphatic heterocycles. The lowest BCUT2D eigenvalue weighted by atomic mass is 9.65. The van der Waals surface area contributed by atoms with Crippen molar-refractivity contribution in [2.75, 3.05) is 4.90 Å². The number of furan rings is 1. The number of ether oxygens (including phenoxy) is 1. The highest BCUT2D eigenvalue weighted by Gasteiger charge is 2.52. The first kappa shape index (κ1) is 27.4. The van der Waals surface area contributed by atoms with Crippen molar-refractivity contribution in [1.82, 2.24) is 0 Å². The standard InChI is InChI=1S/C47H29NO2/c1-2-14-31(15-3-1)48(32-26-27-35-34-17-7-10-23-42(34)49-44(35)29-32)41-22-12-21-39-45(41)36-18-6-8-19-37(36)47(39)38-20-9-11-24-43(38)50-46-33-16-5-4-13-30(33)25-28-40(46)47/h1-29H. The summed E-state index contributed by atoms with van der Waals surface area (Å²) >= 11 is 0. The van der Waals surface area contributed by atoms with Crippen molar-refractivity contribution in [3.05, 3.63) is 198 Å². The molecule has 234 valence electrons. The highest BCUT2D eigenvalue weighted by molar-refractivity contribution is 6.07. The Hall–Kier alpha value is -6.58. The lowest BCUT2D eigenvalue weighted by molar-refractivity contribution is 0.441. The van der Waals surface area contributed by atoms with E-state index in [0.29, 0.717) is 0 Å². The quantitative estimate of drug-likeness (QED) is 0.192. The summed E-state index contributed by atoms with van der Waals surface area (Å²) in [6, 6.07) is 62.9. The molecule has 0 fully saturated rings. The number of benzene rings is 8. The van der Waals surface area contributed by atoms with Gasteiger partial charge in [0.05, 0.1) is 11.1 Å². The smallest absolute Gasteiger partial charge is 0.140 e. The van der Waals surface area contributed by atoms with E-state index in [1.165, 1.54) is 22.3 Å². The lowest BCUT2D eigenvalue weighted by Gasteiger charge is -2.40. The van der Waals surface area contributed by atoms with Gasteiger partial charge in [-0.2, -0.15) is 0 Å². The van der Waals surface area contributed by atoms with Gasteiger partial charge in [-0.25, -0.2) is 0 Å². The van der Waals surface area contributed by atoms with Crippen LogP contribution in [0.15, 0.2) is 180 Å². The van der Waals surface area contributed by atoms with E-state index in [-0.39, 0.29) is 0 Å². The minimum absolute atomic E-state index is 0.582. The summed E-state index contributed by atoms with van der Waals surface area (Å²) in [6.07, 6.45) is 0. The highest BCUT2D eigenvalue weighted by atomic mass is 16.5. The maximum atomic E-state index is 6.87. The minimum atomic E-state index is -0.582. The van der Waals surface area contributed by atoms with Crippen LogP contribution in [0.4, 0.5) is 17.1 Å². The molecule has 1 spiro atoms. The van der Waals surface area contributed by atoms with Crippen molar-refractivity contribution in [2.24, 2.45) is 0 Å². The molecule has 0 radical (unpaired) electrons. The molecule has 1 aliphatic carbocycles. The first-order chi connectivity index (χ1) is 24.8. The number of anilines is 3. The SMILES string of the molecule is c1ccc(N(c2ccc3c(c2)oc2ccccc23)c2cccc3c2-c2ccccc2C32c3ccccc3Oc3c2ccc2ccccc32)cc1. The molecule has 50 heavy (non-hydrogen) atoms. The third kappa shape index (κ3) is 3.58. The second-order valence-electron chi connectivity index (χ2n) is 13.2. The number of para-hydroxylation sites is 3. The molecule has 1 aromatic heterocycles. The van der Waals surface area contributed by atoms with Crippen LogP contribution in [0.25, 0.3) is 43.8 Å². The number of fused-ring (bicyclic) bond motifs is 14. The van der Waals surface area contributed by atoms with Crippen LogP contribution in [0.2, 0.25) is 0 Å². The van der Waals surface area contributed by atoms with Gasteiger partial charge in [-0.05, 0) is 64.5 Å². The average molecular weight is 640 g/mol. The fraction of sp³-hybridized carbons (Fsp3) is 0.0213. The van der Waals surface area contributed by atoms with E-state index < -0.39 is 5.41 Å². The summed E-state index contributed by atoms with van der Waals surface area (Å²) in [5.74, 6) is 1.81. The van der Waals surface area contributed by atoms with Crippen molar-refractivity contribution in [1.29, 1.82) is 0 Å². The number of hydrogen-bond donors (Lipinski definition) is 0. The van der Waals surface area contributed by atoms with E-state index in [4.69, 9.17) is 9.15 Å². The zero-order valence-corrected chi connectivity index (χ0v) is 27.0. The van der Waals surface area contributed by atoms with Crippen molar-refractivity contribution >= 4 is 49.8 Å². The Morgan fingerprint density at radius 1 is 0.440 bits per heavy atom. The molecule has 0 N–H and O–H groups in total. The van der Waals surface area contributed by atoms with Crippen LogP contribution in [0.3, 0.4) is 0 Å². The zero-order chi connectivity index (χ0) is 32.8. The Bertz CT molecular complexity index is 2810.